The van der Waals surface area contributed by atoms with E-state index in [9.17, 15) is 4.79 Å². The molecule has 4 N–H and O–H groups in total. The normalized spacial score (nSPS) is 10.3. The van der Waals surface area contributed by atoms with Gasteiger partial charge in [0.1, 0.15) is 12.1 Å². The zero-order valence-electron chi connectivity index (χ0n) is 8.58. The summed E-state index contributed by atoms with van der Waals surface area (Å²) in [5.74, 6) is 0.368. The zero-order valence-corrected chi connectivity index (χ0v) is 8.58. The standard InChI is InChI=1S/C9H10N6O/c1-5-7(10)12-4-13-9(5)15-3-6(2-14-15)8(11)16/h2-4H,1H3,(H2,11,16)(H2,10,12,13). The van der Waals surface area contributed by atoms with Crippen LogP contribution in [0.5, 0.6) is 0 Å². The van der Waals surface area contributed by atoms with E-state index in [-0.39, 0.29) is 0 Å². The third-order valence-corrected chi connectivity index (χ3v) is 2.18. The number of aromatic nitrogens is 4. The number of carbonyl (C=O) groups excluding carboxylic acids is 1. The SMILES string of the molecule is Cc1c(N)ncnc1-n1cc(C(N)=O)cn1. The molecule has 0 unspecified atom stereocenters. The Bertz CT molecular complexity index is 547. The lowest BCUT2D eigenvalue weighted by Crippen LogP contribution is -2.10. The molecule has 0 bridgehead atoms. The number of anilines is 1. The quantitative estimate of drug-likeness (QED) is 0.715. The number of hydrogen-bond donors (Lipinski definition) is 2. The summed E-state index contributed by atoms with van der Waals surface area (Å²) >= 11 is 0. The minimum Gasteiger partial charge on any atom is -0.383 e. The van der Waals surface area contributed by atoms with Crippen molar-refractivity contribution < 1.29 is 4.79 Å². The lowest BCUT2D eigenvalue weighted by Gasteiger charge is -2.05. The van der Waals surface area contributed by atoms with Gasteiger partial charge in [0.15, 0.2) is 5.82 Å². The molecule has 0 aliphatic carbocycles. The summed E-state index contributed by atoms with van der Waals surface area (Å²) < 4.78 is 1.44. The molecule has 0 aliphatic heterocycles. The van der Waals surface area contributed by atoms with Crippen molar-refractivity contribution >= 4 is 11.7 Å². The van der Waals surface area contributed by atoms with Crippen LogP contribution in [0, 0.1) is 6.92 Å². The van der Waals surface area contributed by atoms with Crippen LogP contribution in [0.15, 0.2) is 18.7 Å². The maximum atomic E-state index is 10.9. The maximum Gasteiger partial charge on any atom is 0.251 e. The summed E-state index contributed by atoms with van der Waals surface area (Å²) in [6, 6.07) is 0. The Morgan fingerprint density at radius 3 is 2.81 bits per heavy atom. The predicted octanol–water partition coefficient (Wildman–Crippen LogP) is -0.348. The molecule has 0 saturated heterocycles. The molecule has 7 heteroatoms. The van der Waals surface area contributed by atoms with Crippen LogP contribution in [0.25, 0.3) is 5.82 Å². The van der Waals surface area contributed by atoms with Gasteiger partial charge in [-0.25, -0.2) is 14.6 Å². The maximum absolute atomic E-state index is 10.9. The second-order valence-electron chi connectivity index (χ2n) is 3.25. The van der Waals surface area contributed by atoms with Crippen molar-refractivity contribution in [3.05, 3.63) is 29.8 Å². The van der Waals surface area contributed by atoms with Crippen molar-refractivity contribution in [2.45, 2.75) is 6.92 Å². The van der Waals surface area contributed by atoms with Crippen LogP contribution in [-0.4, -0.2) is 25.7 Å². The average Bonchev–Trinajstić information content (AvgIpc) is 2.71. The molecule has 2 heterocycles. The van der Waals surface area contributed by atoms with Crippen LogP contribution in [0.4, 0.5) is 5.82 Å². The summed E-state index contributed by atoms with van der Waals surface area (Å²) in [6.07, 6.45) is 4.21. The van der Waals surface area contributed by atoms with Crippen LogP contribution in [0.3, 0.4) is 0 Å². The molecule has 0 aliphatic rings. The minimum atomic E-state index is -0.536. The number of rotatable bonds is 2. The van der Waals surface area contributed by atoms with Gasteiger partial charge in [-0.1, -0.05) is 0 Å². The fraction of sp³-hybridized carbons (Fsp3) is 0.111. The predicted molar refractivity (Wildman–Crippen MR) is 56.8 cm³/mol. The number of amides is 1. The minimum absolute atomic E-state index is 0.316. The van der Waals surface area contributed by atoms with Crippen molar-refractivity contribution in [1.29, 1.82) is 0 Å². The lowest BCUT2D eigenvalue weighted by atomic mass is 10.3. The van der Waals surface area contributed by atoms with Gasteiger partial charge in [0.05, 0.1) is 11.8 Å². The summed E-state index contributed by atoms with van der Waals surface area (Å²) in [4.78, 5) is 18.8. The third kappa shape index (κ3) is 1.58. The summed E-state index contributed by atoms with van der Waals surface area (Å²) in [5.41, 5.74) is 11.8. The number of carbonyl (C=O) groups is 1. The Hall–Kier alpha value is -2.44. The first-order valence-corrected chi connectivity index (χ1v) is 4.51. The van der Waals surface area contributed by atoms with Crippen LogP contribution in [0.2, 0.25) is 0 Å². The molecule has 0 aromatic carbocycles. The second-order valence-corrected chi connectivity index (χ2v) is 3.25. The van der Waals surface area contributed by atoms with Crippen LogP contribution in [-0.2, 0) is 0 Å². The molecule has 0 saturated carbocycles. The smallest absolute Gasteiger partial charge is 0.251 e. The molecule has 2 aromatic heterocycles. The number of nitrogen functional groups attached to an aromatic ring is 1. The fourth-order valence-electron chi connectivity index (χ4n) is 1.25. The zero-order chi connectivity index (χ0) is 11.7. The van der Waals surface area contributed by atoms with E-state index in [4.69, 9.17) is 11.5 Å². The van der Waals surface area contributed by atoms with E-state index in [0.717, 1.165) is 0 Å². The fourth-order valence-corrected chi connectivity index (χ4v) is 1.25. The van der Waals surface area contributed by atoms with Crippen molar-refractivity contribution in [1.82, 2.24) is 19.7 Å². The van der Waals surface area contributed by atoms with Crippen molar-refractivity contribution in [3.63, 3.8) is 0 Å². The van der Waals surface area contributed by atoms with E-state index in [1.807, 2.05) is 0 Å². The Morgan fingerprint density at radius 2 is 2.19 bits per heavy atom. The highest BCUT2D eigenvalue weighted by Crippen LogP contribution is 2.14. The Morgan fingerprint density at radius 1 is 1.44 bits per heavy atom. The molecular formula is C9H10N6O. The number of primary amides is 1. The van der Waals surface area contributed by atoms with E-state index in [2.05, 4.69) is 15.1 Å². The van der Waals surface area contributed by atoms with Gasteiger partial charge in [0.25, 0.3) is 5.91 Å². The van der Waals surface area contributed by atoms with Crippen LogP contribution >= 0.6 is 0 Å². The van der Waals surface area contributed by atoms with Gasteiger partial charge < -0.3 is 11.5 Å². The first kappa shape index (κ1) is 10.1. The van der Waals surface area contributed by atoms with E-state index in [1.165, 1.54) is 23.4 Å². The van der Waals surface area contributed by atoms with E-state index in [0.29, 0.717) is 22.8 Å². The molecule has 82 valence electrons. The first-order valence-electron chi connectivity index (χ1n) is 4.51. The van der Waals surface area contributed by atoms with Crippen LogP contribution in [0.1, 0.15) is 15.9 Å². The van der Waals surface area contributed by atoms with Crippen molar-refractivity contribution in [2.75, 3.05) is 5.73 Å². The van der Waals surface area contributed by atoms with E-state index in [1.54, 1.807) is 6.92 Å². The molecule has 1 amide bonds. The largest absolute Gasteiger partial charge is 0.383 e. The topological polar surface area (TPSA) is 113 Å². The highest BCUT2D eigenvalue weighted by molar-refractivity contribution is 5.92. The second kappa shape index (κ2) is 3.61. The number of hydrogen-bond acceptors (Lipinski definition) is 5. The molecular weight excluding hydrogens is 208 g/mol. The van der Waals surface area contributed by atoms with E-state index >= 15 is 0 Å². The van der Waals surface area contributed by atoms with E-state index < -0.39 is 5.91 Å². The monoisotopic (exact) mass is 218 g/mol. The molecule has 0 spiro atoms. The van der Waals surface area contributed by atoms with Crippen molar-refractivity contribution in [3.8, 4) is 5.82 Å². The number of nitrogens with two attached hydrogens (primary N) is 2. The van der Waals surface area contributed by atoms with Crippen LogP contribution < -0.4 is 11.5 Å². The Balaban J connectivity index is 2.50. The van der Waals surface area contributed by atoms with Gasteiger partial charge >= 0.3 is 0 Å². The summed E-state index contributed by atoms with van der Waals surface area (Å²) in [5, 5.41) is 3.98. The highest BCUT2D eigenvalue weighted by atomic mass is 16.1. The molecule has 7 nitrogen and oxygen atoms in total. The molecule has 0 fully saturated rings. The molecule has 16 heavy (non-hydrogen) atoms. The highest BCUT2D eigenvalue weighted by Gasteiger charge is 2.10. The molecule has 0 radical (unpaired) electrons. The van der Waals surface area contributed by atoms with Gasteiger partial charge in [-0.05, 0) is 6.92 Å². The molecule has 0 atom stereocenters. The van der Waals surface area contributed by atoms with Gasteiger partial charge in [-0.2, -0.15) is 5.10 Å². The number of nitrogens with zero attached hydrogens (tertiary/aromatic N) is 4. The molecule has 2 rings (SSSR count). The molecule has 2 aromatic rings. The Labute approximate surface area is 91.1 Å². The first-order chi connectivity index (χ1) is 7.59. The van der Waals surface area contributed by atoms with Crippen molar-refractivity contribution in [2.24, 2.45) is 5.73 Å². The Kier molecular flexibility index (Phi) is 2.28. The van der Waals surface area contributed by atoms with Gasteiger partial charge in [-0.3, -0.25) is 4.79 Å². The summed E-state index contributed by atoms with van der Waals surface area (Å²) in [7, 11) is 0. The van der Waals surface area contributed by atoms with Gasteiger partial charge in [0, 0.05) is 11.8 Å². The van der Waals surface area contributed by atoms with Gasteiger partial charge in [0.2, 0.25) is 0 Å². The van der Waals surface area contributed by atoms with Gasteiger partial charge in [-0.15, -0.1) is 0 Å². The lowest BCUT2D eigenvalue weighted by molar-refractivity contribution is 0.100. The third-order valence-electron chi connectivity index (χ3n) is 2.18. The summed E-state index contributed by atoms with van der Waals surface area (Å²) in [6.45, 7) is 1.77. The average molecular weight is 218 g/mol.